The summed E-state index contributed by atoms with van der Waals surface area (Å²) in [6.45, 7) is 2.43. The minimum atomic E-state index is 0.0690. The quantitative estimate of drug-likeness (QED) is 0.186. The highest BCUT2D eigenvalue weighted by molar-refractivity contribution is 7.10. The van der Waals surface area contributed by atoms with Gasteiger partial charge in [0.05, 0.1) is 26.2 Å². The summed E-state index contributed by atoms with van der Waals surface area (Å²) in [5.41, 5.74) is 0. The molecule has 0 aromatic carbocycles. The number of carbonyl (C=O) groups excluding carboxylic acids is 2. The molecule has 4 rings (SSSR count). The first-order valence-electron chi connectivity index (χ1n) is 11.0. The van der Waals surface area contributed by atoms with Crippen molar-refractivity contribution in [3.8, 4) is 0 Å². The van der Waals surface area contributed by atoms with Crippen molar-refractivity contribution in [3.05, 3.63) is 102 Å². The van der Waals surface area contributed by atoms with Gasteiger partial charge >= 0.3 is 0 Å². The van der Waals surface area contributed by atoms with Crippen LogP contribution < -0.4 is 0 Å². The van der Waals surface area contributed by atoms with Crippen molar-refractivity contribution in [3.63, 3.8) is 0 Å². The molecule has 0 fully saturated rings. The van der Waals surface area contributed by atoms with Crippen molar-refractivity contribution in [1.82, 2.24) is 9.80 Å². The SMILES string of the molecule is O=C(C/C=C/CC(=O)N(Cc1cccs1)Cc1cccs1)N(Cc1cccs1)Cc1cccs1. The highest BCUT2D eigenvalue weighted by Crippen LogP contribution is 2.20. The van der Waals surface area contributed by atoms with Crippen molar-refractivity contribution in [2.45, 2.75) is 39.0 Å². The second-order valence-corrected chi connectivity index (χ2v) is 11.8. The fraction of sp³-hybridized carbons (Fsp3) is 0.231. The summed E-state index contributed by atoms with van der Waals surface area (Å²) in [5.74, 6) is 0.138. The third-order valence-corrected chi connectivity index (χ3v) is 8.61. The molecule has 0 saturated carbocycles. The van der Waals surface area contributed by atoms with Crippen LogP contribution in [0.5, 0.6) is 0 Å². The molecule has 0 N–H and O–H groups in total. The second-order valence-electron chi connectivity index (χ2n) is 7.70. The van der Waals surface area contributed by atoms with Gasteiger partial charge in [-0.1, -0.05) is 36.4 Å². The monoisotopic (exact) mass is 526 g/mol. The van der Waals surface area contributed by atoms with E-state index in [4.69, 9.17) is 0 Å². The Balaban J connectivity index is 1.33. The Morgan fingerprint density at radius 3 is 1.09 bits per heavy atom. The van der Waals surface area contributed by atoms with Gasteiger partial charge in [-0.15, -0.1) is 45.3 Å². The third kappa shape index (κ3) is 7.50. The average molecular weight is 527 g/mol. The Hall–Kier alpha value is -2.52. The normalized spacial score (nSPS) is 11.2. The maximum atomic E-state index is 13.0. The highest BCUT2D eigenvalue weighted by atomic mass is 32.1. The summed E-state index contributed by atoms with van der Waals surface area (Å²) in [6, 6.07) is 16.3. The molecule has 0 aliphatic carbocycles. The standard InChI is InChI=1S/C26H26N2O2S4/c29-25(27(17-21-7-3-13-31-21)18-22-8-4-14-32-22)11-1-2-12-26(30)28(19-23-9-5-15-33-23)20-24-10-6-16-34-24/h1-10,13-16H,11-12,17-20H2/b2-1+. The van der Waals surface area contributed by atoms with Gasteiger partial charge in [0.25, 0.3) is 0 Å². The summed E-state index contributed by atoms with van der Waals surface area (Å²) in [6.07, 6.45) is 4.26. The van der Waals surface area contributed by atoms with Crippen molar-refractivity contribution in [2.75, 3.05) is 0 Å². The number of carbonyl (C=O) groups is 2. The molecule has 0 bridgehead atoms. The number of rotatable bonds is 12. The zero-order valence-corrected chi connectivity index (χ0v) is 21.9. The number of hydrogen-bond acceptors (Lipinski definition) is 6. The zero-order valence-electron chi connectivity index (χ0n) is 18.7. The largest absolute Gasteiger partial charge is 0.332 e. The van der Waals surface area contributed by atoms with Crippen LogP contribution in [0.25, 0.3) is 0 Å². The van der Waals surface area contributed by atoms with Crippen LogP contribution in [-0.4, -0.2) is 21.6 Å². The Labute approximate surface area is 216 Å². The molecule has 4 aromatic rings. The number of amides is 2. The lowest BCUT2D eigenvalue weighted by Crippen LogP contribution is -2.29. The van der Waals surface area contributed by atoms with Gasteiger partial charge in [-0.2, -0.15) is 0 Å². The van der Waals surface area contributed by atoms with Crippen LogP contribution in [0, 0.1) is 0 Å². The maximum Gasteiger partial charge on any atom is 0.227 e. The lowest BCUT2D eigenvalue weighted by Gasteiger charge is -2.21. The predicted octanol–water partition coefficient (Wildman–Crippen LogP) is 7.03. The molecule has 8 heteroatoms. The van der Waals surface area contributed by atoms with Gasteiger partial charge in [-0.25, -0.2) is 0 Å². The minimum absolute atomic E-state index is 0.0690. The smallest absolute Gasteiger partial charge is 0.227 e. The molecule has 0 atom stereocenters. The Morgan fingerprint density at radius 1 is 0.559 bits per heavy atom. The number of hydrogen-bond donors (Lipinski definition) is 0. The van der Waals surface area contributed by atoms with E-state index in [1.54, 1.807) is 45.3 Å². The predicted molar refractivity (Wildman–Crippen MR) is 144 cm³/mol. The summed E-state index contributed by atoms with van der Waals surface area (Å²) in [4.78, 5) is 34.4. The average Bonchev–Trinajstić information content (AvgIpc) is 3.64. The fourth-order valence-electron chi connectivity index (χ4n) is 3.45. The second kappa shape index (κ2) is 12.8. The molecule has 0 saturated heterocycles. The summed E-state index contributed by atoms with van der Waals surface area (Å²) >= 11 is 6.65. The van der Waals surface area contributed by atoms with Crippen LogP contribution in [0.1, 0.15) is 32.4 Å². The lowest BCUT2D eigenvalue weighted by molar-refractivity contribution is -0.132. The molecule has 4 heterocycles. The first-order valence-corrected chi connectivity index (χ1v) is 14.5. The van der Waals surface area contributed by atoms with Crippen LogP contribution in [0.3, 0.4) is 0 Å². The van der Waals surface area contributed by atoms with Gasteiger partial charge in [0.2, 0.25) is 11.8 Å². The Bertz CT molecular complexity index is 983. The van der Waals surface area contributed by atoms with Crippen LogP contribution in [-0.2, 0) is 35.8 Å². The summed E-state index contributed by atoms with van der Waals surface area (Å²) < 4.78 is 0. The molecule has 0 radical (unpaired) electrons. The van der Waals surface area contributed by atoms with E-state index in [0.29, 0.717) is 39.0 Å². The minimum Gasteiger partial charge on any atom is -0.332 e. The van der Waals surface area contributed by atoms with Crippen LogP contribution >= 0.6 is 45.3 Å². The topological polar surface area (TPSA) is 40.6 Å². The fourth-order valence-corrected chi connectivity index (χ4v) is 6.33. The first kappa shape index (κ1) is 24.6. The van der Waals surface area contributed by atoms with Crippen molar-refractivity contribution >= 4 is 57.2 Å². The molecule has 4 aromatic heterocycles. The van der Waals surface area contributed by atoms with Crippen molar-refractivity contribution < 1.29 is 9.59 Å². The van der Waals surface area contributed by atoms with E-state index in [1.165, 1.54) is 19.5 Å². The van der Waals surface area contributed by atoms with Gasteiger partial charge in [0.1, 0.15) is 0 Å². The van der Waals surface area contributed by atoms with E-state index in [0.717, 1.165) is 0 Å². The third-order valence-electron chi connectivity index (χ3n) is 5.16. The van der Waals surface area contributed by atoms with E-state index >= 15 is 0 Å². The van der Waals surface area contributed by atoms with E-state index < -0.39 is 0 Å². The molecular weight excluding hydrogens is 501 g/mol. The molecule has 34 heavy (non-hydrogen) atoms. The van der Waals surface area contributed by atoms with Crippen molar-refractivity contribution in [2.24, 2.45) is 0 Å². The number of thiophene rings is 4. The van der Waals surface area contributed by atoms with E-state index in [9.17, 15) is 9.59 Å². The summed E-state index contributed by atoms with van der Waals surface area (Å²) in [5, 5.41) is 8.14. The van der Waals surface area contributed by atoms with E-state index in [1.807, 2.05) is 67.7 Å². The molecule has 0 aliphatic rings. The van der Waals surface area contributed by atoms with Gasteiger partial charge in [-0.3, -0.25) is 9.59 Å². The zero-order chi connectivity index (χ0) is 23.6. The van der Waals surface area contributed by atoms with Crippen LogP contribution in [0.4, 0.5) is 0 Å². The molecule has 176 valence electrons. The highest BCUT2D eigenvalue weighted by Gasteiger charge is 2.16. The number of nitrogens with zero attached hydrogens (tertiary/aromatic N) is 2. The van der Waals surface area contributed by atoms with Crippen molar-refractivity contribution in [1.29, 1.82) is 0 Å². The van der Waals surface area contributed by atoms with E-state index in [2.05, 4.69) is 24.3 Å². The molecule has 4 nitrogen and oxygen atoms in total. The molecule has 0 spiro atoms. The van der Waals surface area contributed by atoms with Gasteiger partial charge in [0, 0.05) is 32.4 Å². The van der Waals surface area contributed by atoms with Gasteiger partial charge in [-0.05, 0) is 45.8 Å². The van der Waals surface area contributed by atoms with Crippen LogP contribution in [0.2, 0.25) is 0 Å². The lowest BCUT2D eigenvalue weighted by atomic mass is 10.2. The van der Waals surface area contributed by atoms with Gasteiger partial charge < -0.3 is 9.80 Å². The Morgan fingerprint density at radius 2 is 0.853 bits per heavy atom. The first-order chi connectivity index (χ1) is 16.7. The molecule has 0 aliphatic heterocycles. The molecular formula is C26H26N2O2S4. The molecule has 0 unspecified atom stereocenters. The maximum absolute atomic E-state index is 13.0. The Kier molecular flexibility index (Phi) is 9.27. The van der Waals surface area contributed by atoms with Gasteiger partial charge in [0.15, 0.2) is 0 Å². The van der Waals surface area contributed by atoms with Crippen LogP contribution in [0.15, 0.2) is 82.2 Å². The molecule has 2 amide bonds. The van der Waals surface area contributed by atoms with E-state index in [-0.39, 0.29) is 11.8 Å². The summed E-state index contributed by atoms with van der Waals surface area (Å²) in [7, 11) is 0.